The molecule has 2 N–H and O–H groups in total. The number of benzene rings is 2. The summed E-state index contributed by atoms with van der Waals surface area (Å²) in [6, 6.07) is 14.9. The van der Waals surface area contributed by atoms with Gasteiger partial charge in [-0.2, -0.15) is 5.10 Å². The number of aryl methyl sites for hydroxylation is 1. The number of hydrazone groups is 1. The van der Waals surface area contributed by atoms with Crippen molar-refractivity contribution < 1.29 is 9.59 Å². The van der Waals surface area contributed by atoms with Crippen LogP contribution in [0.1, 0.15) is 60.5 Å². The maximum Gasteiger partial charge on any atom is 0.271 e. The van der Waals surface area contributed by atoms with E-state index in [9.17, 15) is 9.59 Å². The number of hydrogen-bond acceptors (Lipinski definition) is 3. The van der Waals surface area contributed by atoms with Crippen molar-refractivity contribution in [1.82, 2.24) is 5.43 Å². The fourth-order valence-corrected chi connectivity index (χ4v) is 3.37. The Morgan fingerprint density at radius 2 is 1.50 bits per heavy atom. The van der Waals surface area contributed by atoms with E-state index >= 15 is 0 Å². The zero-order chi connectivity index (χ0) is 19.9. The minimum Gasteiger partial charge on any atom is -0.326 e. The highest BCUT2D eigenvalue weighted by atomic mass is 16.2. The third-order valence-electron chi connectivity index (χ3n) is 5.19. The fourth-order valence-electron chi connectivity index (χ4n) is 3.37. The van der Waals surface area contributed by atoms with E-state index in [-0.39, 0.29) is 17.7 Å². The number of hydrogen-bond donors (Lipinski definition) is 2. The van der Waals surface area contributed by atoms with Gasteiger partial charge in [-0.1, -0.05) is 49.1 Å². The first kappa shape index (κ1) is 19.8. The number of nitrogens with zero attached hydrogens (tertiary/aromatic N) is 1. The van der Waals surface area contributed by atoms with Crippen molar-refractivity contribution in [3.63, 3.8) is 0 Å². The smallest absolute Gasteiger partial charge is 0.271 e. The van der Waals surface area contributed by atoms with Gasteiger partial charge >= 0.3 is 0 Å². The van der Waals surface area contributed by atoms with E-state index in [1.807, 2.05) is 50.2 Å². The van der Waals surface area contributed by atoms with Crippen molar-refractivity contribution in [3.05, 3.63) is 65.2 Å². The van der Waals surface area contributed by atoms with Crippen molar-refractivity contribution in [1.29, 1.82) is 0 Å². The Hall–Kier alpha value is -2.95. The molecule has 5 heteroatoms. The molecular formula is C23H27N3O2. The molecule has 28 heavy (non-hydrogen) atoms. The zero-order valence-electron chi connectivity index (χ0n) is 16.5. The Morgan fingerprint density at radius 3 is 2.14 bits per heavy atom. The molecule has 1 fully saturated rings. The van der Waals surface area contributed by atoms with Gasteiger partial charge in [-0.25, -0.2) is 5.43 Å². The van der Waals surface area contributed by atoms with Gasteiger partial charge in [0, 0.05) is 17.2 Å². The molecule has 146 valence electrons. The second-order valence-corrected chi connectivity index (χ2v) is 7.41. The Labute approximate surface area is 166 Å². The van der Waals surface area contributed by atoms with E-state index in [4.69, 9.17) is 0 Å². The van der Waals surface area contributed by atoms with Crippen LogP contribution in [0.25, 0.3) is 0 Å². The molecule has 0 atom stereocenters. The van der Waals surface area contributed by atoms with E-state index in [1.54, 1.807) is 12.1 Å². The molecule has 0 aliphatic heterocycles. The third-order valence-corrected chi connectivity index (χ3v) is 5.19. The highest BCUT2D eigenvalue weighted by Crippen LogP contribution is 2.25. The summed E-state index contributed by atoms with van der Waals surface area (Å²) in [6.45, 7) is 3.82. The van der Waals surface area contributed by atoms with Crippen LogP contribution in [0, 0.1) is 12.8 Å². The molecule has 2 aromatic carbocycles. The molecule has 0 radical (unpaired) electrons. The molecule has 0 saturated heterocycles. The highest BCUT2D eigenvalue weighted by Gasteiger charge is 2.20. The van der Waals surface area contributed by atoms with E-state index in [1.165, 1.54) is 6.42 Å². The van der Waals surface area contributed by atoms with Gasteiger partial charge in [-0.15, -0.1) is 0 Å². The van der Waals surface area contributed by atoms with Crippen LogP contribution in [-0.2, 0) is 4.79 Å². The zero-order valence-corrected chi connectivity index (χ0v) is 16.5. The van der Waals surface area contributed by atoms with E-state index in [0.717, 1.165) is 42.5 Å². The van der Waals surface area contributed by atoms with Crippen LogP contribution in [0.2, 0.25) is 0 Å². The number of anilines is 1. The van der Waals surface area contributed by atoms with Gasteiger partial charge in [0.25, 0.3) is 5.91 Å². The first-order valence-corrected chi connectivity index (χ1v) is 9.85. The lowest BCUT2D eigenvalue weighted by Crippen LogP contribution is -2.24. The van der Waals surface area contributed by atoms with Crippen LogP contribution >= 0.6 is 0 Å². The monoisotopic (exact) mass is 377 g/mol. The molecule has 0 aromatic heterocycles. The minimum atomic E-state index is -0.240. The Morgan fingerprint density at radius 1 is 0.893 bits per heavy atom. The van der Waals surface area contributed by atoms with Crippen LogP contribution in [0.4, 0.5) is 5.69 Å². The van der Waals surface area contributed by atoms with Crippen LogP contribution in [0.3, 0.4) is 0 Å². The molecule has 2 amide bonds. The molecule has 3 rings (SSSR count). The van der Waals surface area contributed by atoms with Crippen molar-refractivity contribution in [2.45, 2.75) is 46.0 Å². The van der Waals surface area contributed by atoms with Gasteiger partial charge in [0.15, 0.2) is 0 Å². The number of carbonyl (C=O) groups is 2. The second-order valence-electron chi connectivity index (χ2n) is 7.41. The summed E-state index contributed by atoms with van der Waals surface area (Å²) in [5, 5.41) is 7.19. The Kier molecular flexibility index (Phi) is 6.58. The van der Waals surface area contributed by atoms with Crippen LogP contribution in [0.5, 0.6) is 0 Å². The molecular weight excluding hydrogens is 350 g/mol. The lowest BCUT2D eigenvalue weighted by molar-refractivity contribution is -0.120. The standard InChI is InChI=1S/C23H27N3O2/c1-16-8-10-20(11-9-16)23(28)26-25-17(2)18-12-14-21(15-13-18)24-22(27)19-6-4-3-5-7-19/h8-15,19H,3-7H2,1-2H3,(H,24,27)(H,26,28). The molecule has 0 spiro atoms. The number of amides is 2. The molecule has 2 aromatic rings. The van der Waals surface area contributed by atoms with Crippen molar-refractivity contribution in [3.8, 4) is 0 Å². The SMILES string of the molecule is CC(=NNC(=O)c1ccc(C)cc1)c1ccc(NC(=O)C2CCCCC2)cc1. The van der Waals surface area contributed by atoms with E-state index in [0.29, 0.717) is 11.3 Å². The van der Waals surface area contributed by atoms with E-state index < -0.39 is 0 Å². The quantitative estimate of drug-likeness (QED) is 0.587. The summed E-state index contributed by atoms with van der Waals surface area (Å²) in [7, 11) is 0. The summed E-state index contributed by atoms with van der Waals surface area (Å²) >= 11 is 0. The molecule has 0 unspecified atom stereocenters. The maximum atomic E-state index is 12.3. The van der Waals surface area contributed by atoms with Crippen molar-refractivity contribution >= 4 is 23.2 Å². The molecule has 0 heterocycles. The molecule has 1 aliphatic rings. The summed E-state index contributed by atoms with van der Waals surface area (Å²) in [5.74, 6) is 0.00706. The number of nitrogens with one attached hydrogen (secondary N) is 2. The fraction of sp³-hybridized carbons (Fsp3) is 0.348. The number of rotatable bonds is 5. The average molecular weight is 377 g/mol. The summed E-state index contributed by atoms with van der Waals surface area (Å²) in [4.78, 5) is 24.5. The predicted molar refractivity (Wildman–Crippen MR) is 113 cm³/mol. The van der Waals surface area contributed by atoms with Gasteiger partial charge in [0.1, 0.15) is 0 Å². The normalized spacial score (nSPS) is 15.1. The van der Waals surface area contributed by atoms with Crippen LogP contribution in [0.15, 0.2) is 53.6 Å². The lowest BCUT2D eigenvalue weighted by atomic mass is 9.88. The summed E-state index contributed by atoms with van der Waals surface area (Å²) in [5.41, 5.74) is 6.64. The Bertz CT molecular complexity index is 848. The van der Waals surface area contributed by atoms with Gasteiger partial charge in [-0.3, -0.25) is 9.59 Å². The van der Waals surface area contributed by atoms with Gasteiger partial charge in [0.05, 0.1) is 5.71 Å². The molecule has 1 aliphatic carbocycles. The maximum absolute atomic E-state index is 12.3. The van der Waals surface area contributed by atoms with Gasteiger partial charge in [-0.05, 0) is 56.5 Å². The molecule has 5 nitrogen and oxygen atoms in total. The minimum absolute atomic E-state index is 0.114. The lowest BCUT2D eigenvalue weighted by Gasteiger charge is -2.20. The van der Waals surface area contributed by atoms with Crippen molar-refractivity contribution in [2.75, 3.05) is 5.32 Å². The number of carbonyl (C=O) groups excluding carboxylic acids is 2. The third kappa shape index (κ3) is 5.28. The molecule has 1 saturated carbocycles. The van der Waals surface area contributed by atoms with Gasteiger partial charge in [0.2, 0.25) is 5.91 Å². The first-order chi connectivity index (χ1) is 13.5. The van der Waals surface area contributed by atoms with E-state index in [2.05, 4.69) is 15.8 Å². The second kappa shape index (κ2) is 9.31. The van der Waals surface area contributed by atoms with Gasteiger partial charge < -0.3 is 5.32 Å². The summed E-state index contributed by atoms with van der Waals surface area (Å²) < 4.78 is 0. The van der Waals surface area contributed by atoms with Crippen LogP contribution < -0.4 is 10.7 Å². The Balaban J connectivity index is 1.57. The van der Waals surface area contributed by atoms with Crippen LogP contribution in [-0.4, -0.2) is 17.5 Å². The topological polar surface area (TPSA) is 70.6 Å². The largest absolute Gasteiger partial charge is 0.326 e. The van der Waals surface area contributed by atoms with Crippen molar-refractivity contribution in [2.24, 2.45) is 11.0 Å². The first-order valence-electron chi connectivity index (χ1n) is 9.85. The highest BCUT2D eigenvalue weighted by molar-refractivity contribution is 6.01. The predicted octanol–water partition coefficient (Wildman–Crippen LogP) is 4.67. The summed E-state index contributed by atoms with van der Waals surface area (Å²) in [6.07, 6.45) is 5.48. The average Bonchev–Trinajstić information content (AvgIpc) is 2.73. The molecule has 0 bridgehead atoms.